The SMILES string of the molecule is Cc1c(C(=O)N[C@@H]2CCc3nnc(C)n3C2)oc2c(F)cccc12. The monoisotopic (exact) mass is 328 g/mol. The molecule has 1 aliphatic rings. The third kappa shape index (κ3) is 2.28. The van der Waals surface area contributed by atoms with Gasteiger partial charge in [0, 0.05) is 30.0 Å². The van der Waals surface area contributed by atoms with Crippen molar-refractivity contribution in [3.05, 3.63) is 47.0 Å². The van der Waals surface area contributed by atoms with Crippen molar-refractivity contribution < 1.29 is 13.6 Å². The molecule has 0 fully saturated rings. The molecule has 0 saturated carbocycles. The highest BCUT2D eigenvalue weighted by Crippen LogP contribution is 2.27. The second-order valence-electron chi connectivity index (χ2n) is 6.16. The van der Waals surface area contributed by atoms with E-state index in [0.29, 0.717) is 17.5 Å². The van der Waals surface area contributed by atoms with Gasteiger partial charge in [-0.2, -0.15) is 0 Å². The van der Waals surface area contributed by atoms with Crippen LogP contribution in [0.3, 0.4) is 0 Å². The fraction of sp³-hybridized carbons (Fsp3) is 0.353. The average molecular weight is 328 g/mol. The summed E-state index contributed by atoms with van der Waals surface area (Å²) in [5.74, 6) is 1.17. The van der Waals surface area contributed by atoms with E-state index in [1.807, 2.05) is 11.5 Å². The van der Waals surface area contributed by atoms with Gasteiger partial charge in [-0.15, -0.1) is 10.2 Å². The lowest BCUT2D eigenvalue weighted by atomic mass is 10.1. The highest BCUT2D eigenvalue weighted by Gasteiger charge is 2.26. The van der Waals surface area contributed by atoms with E-state index in [9.17, 15) is 9.18 Å². The predicted octanol–water partition coefficient (Wildman–Crippen LogP) is 2.53. The van der Waals surface area contributed by atoms with Crippen LogP contribution in [0.4, 0.5) is 4.39 Å². The van der Waals surface area contributed by atoms with Gasteiger partial charge in [0.15, 0.2) is 17.2 Å². The second-order valence-corrected chi connectivity index (χ2v) is 6.16. The lowest BCUT2D eigenvalue weighted by molar-refractivity contribution is 0.0900. The Morgan fingerprint density at radius 3 is 3.00 bits per heavy atom. The zero-order valence-electron chi connectivity index (χ0n) is 13.5. The molecule has 1 N–H and O–H groups in total. The fourth-order valence-electron chi connectivity index (χ4n) is 3.26. The van der Waals surface area contributed by atoms with E-state index in [4.69, 9.17) is 4.42 Å². The molecule has 0 saturated heterocycles. The summed E-state index contributed by atoms with van der Waals surface area (Å²) in [4.78, 5) is 12.6. The minimum Gasteiger partial charge on any atom is -0.448 e. The fourth-order valence-corrected chi connectivity index (χ4v) is 3.26. The van der Waals surface area contributed by atoms with Crippen LogP contribution in [0.1, 0.15) is 34.2 Å². The molecule has 0 unspecified atom stereocenters. The van der Waals surface area contributed by atoms with Crippen molar-refractivity contribution in [2.45, 2.75) is 39.3 Å². The number of aromatic nitrogens is 3. The van der Waals surface area contributed by atoms with Crippen molar-refractivity contribution >= 4 is 16.9 Å². The highest BCUT2D eigenvalue weighted by molar-refractivity contribution is 5.99. The van der Waals surface area contributed by atoms with Crippen molar-refractivity contribution in [1.82, 2.24) is 20.1 Å². The number of nitrogens with zero attached hydrogens (tertiary/aromatic N) is 3. The van der Waals surface area contributed by atoms with Gasteiger partial charge < -0.3 is 14.3 Å². The first-order valence-corrected chi connectivity index (χ1v) is 7.91. The van der Waals surface area contributed by atoms with Crippen LogP contribution in [-0.2, 0) is 13.0 Å². The lowest BCUT2D eigenvalue weighted by Crippen LogP contribution is -2.41. The lowest BCUT2D eigenvalue weighted by Gasteiger charge is -2.24. The summed E-state index contributed by atoms with van der Waals surface area (Å²) in [5.41, 5.74) is 0.778. The number of furan rings is 1. The first kappa shape index (κ1) is 14.9. The molecule has 1 aromatic carbocycles. The molecular weight excluding hydrogens is 311 g/mol. The van der Waals surface area contributed by atoms with Crippen molar-refractivity contribution in [3.63, 3.8) is 0 Å². The summed E-state index contributed by atoms with van der Waals surface area (Å²) in [5, 5.41) is 11.8. The molecule has 0 spiro atoms. The second kappa shape index (κ2) is 5.43. The minimum absolute atomic E-state index is 0.0304. The average Bonchev–Trinajstić information content (AvgIpc) is 3.10. The Kier molecular flexibility index (Phi) is 3.37. The predicted molar refractivity (Wildman–Crippen MR) is 85.2 cm³/mol. The number of aryl methyl sites for hydroxylation is 3. The van der Waals surface area contributed by atoms with Gasteiger partial charge in [0.05, 0.1) is 0 Å². The summed E-state index contributed by atoms with van der Waals surface area (Å²) in [6.07, 6.45) is 1.55. The normalized spacial score (nSPS) is 17.0. The topological polar surface area (TPSA) is 73.0 Å². The number of hydrogen-bond acceptors (Lipinski definition) is 4. The summed E-state index contributed by atoms with van der Waals surface area (Å²) in [7, 11) is 0. The van der Waals surface area contributed by atoms with Crippen LogP contribution in [-0.4, -0.2) is 26.7 Å². The molecule has 4 rings (SSSR count). The smallest absolute Gasteiger partial charge is 0.287 e. The van der Waals surface area contributed by atoms with Gasteiger partial charge >= 0.3 is 0 Å². The molecule has 24 heavy (non-hydrogen) atoms. The molecule has 6 nitrogen and oxygen atoms in total. The molecule has 0 bridgehead atoms. The molecule has 2 aromatic heterocycles. The van der Waals surface area contributed by atoms with Crippen LogP contribution in [0.5, 0.6) is 0 Å². The molecule has 1 amide bonds. The quantitative estimate of drug-likeness (QED) is 0.784. The molecule has 0 aliphatic carbocycles. The standard InChI is InChI=1S/C17H17FN4O2/c1-9-12-4-3-5-13(18)16(12)24-15(9)17(23)19-11-6-7-14-21-20-10(2)22(14)8-11/h3-5,11H,6-8H2,1-2H3,(H,19,23)/t11-/m1/s1. The number of amides is 1. The number of fused-ring (bicyclic) bond motifs is 2. The van der Waals surface area contributed by atoms with Gasteiger partial charge in [0.2, 0.25) is 0 Å². The number of benzene rings is 1. The van der Waals surface area contributed by atoms with Crippen molar-refractivity contribution in [3.8, 4) is 0 Å². The summed E-state index contributed by atoms with van der Waals surface area (Å²) in [6, 6.07) is 4.66. The van der Waals surface area contributed by atoms with E-state index in [1.165, 1.54) is 6.07 Å². The third-order valence-electron chi connectivity index (χ3n) is 4.59. The van der Waals surface area contributed by atoms with Gasteiger partial charge in [0.25, 0.3) is 5.91 Å². The Bertz CT molecular complexity index is 944. The maximum atomic E-state index is 13.8. The van der Waals surface area contributed by atoms with Crippen LogP contribution < -0.4 is 5.32 Å². The van der Waals surface area contributed by atoms with E-state index in [2.05, 4.69) is 15.5 Å². The zero-order valence-corrected chi connectivity index (χ0v) is 13.5. The van der Waals surface area contributed by atoms with Crippen LogP contribution in [0, 0.1) is 19.7 Å². The van der Waals surface area contributed by atoms with Crippen LogP contribution in [0.2, 0.25) is 0 Å². The Morgan fingerprint density at radius 2 is 2.21 bits per heavy atom. The number of para-hydroxylation sites is 1. The summed E-state index contributed by atoms with van der Waals surface area (Å²) in [6.45, 7) is 4.30. The summed E-state index contributed by atoms with van der Waals surface area (Å²) < 4.78 is 21.3. The highest BCUT2D eigenvalue weighted by atomic mass is 19.1. The molecule has 1 aliphatic heterocycles. The molecule has 3 aromatic rings. The Morgan fingerprint density at radius 1 is 1.38 bits per heavy atom. The largest absolute Gasteiger partial charge is 0.448 e. The van der Waals surface area contributed by atoms with Crippen molar-refractivity contribution in [2.75, 3.05) is 0 Å². The van der Waals surface area contributed by atoms with Crippen molar-refractivity contribution in [2.24, 2.45) is 0 Å². The molecule has 7 heteroatoms. The van der Waals surface area contributed by atoms with Gasteiger partial charge in [-0.1, -0.05) is 12.1 Å². The van der Waals surface area contributed by atoms with E-state index >= 15 is 0 Å². The van der Waals surface area contributed by atoms with Crippen LogP contribution in [0.15, 0.2) is 22.6 Å². The van der Waals surface area contributed by atoms with Crippen LogP contribution >= 0.6 is 0 Å². The maximum Gasteiger partial charge on any atom is 0.287 e. The number of hydrogen-bond donors (Lipinski definition) is 1. The Hall–Kier alpha value is -2.70. The van der Waals surface area contributed by atoms with Gasteiger partial charge in [-0.05, 0) is 26.3 Å². The molecule has 124 valence electrons. The van der Waals surface area contributed by atoms with E-state index in [0.717, 1.165) is 24.5 Å². The van der Waals surface area contributed by atoms with Crippen molar-refractivity contribution in [1.29, 1.82) is 0 Å². The molecular formula is C17H17FN4O2. The van der Waals surface area contributed by atoms with E-state index < -0.39 is 5.82 Å². The number of rotatable bonds is 2. The van der Waals surface area contributed by atoms with E-state index in [-0.39, 0.29) is 23.3 Å². The minimum atomic E-state index is -0.461. The number of nitrogens with one attached hydrogen (secondary N) is 1. The van der Waals surface area contributed by atoms with Gasteiger partial charge in [0.1, 0.15) is 11.6 Å². The maximum absolute atomic E-state index is 13.8. The van der Waals surface area contributed by atoms with Gasteiger partial charge in [-0.25, -0.2) is 4.39 Å². The number of carbonyl (C=O) groups is 1. The molecule has 1 atom stereocenters. The van der Waals surface area contributed by atoms with Gasteiger partial charge in [-0.3, -0.25) is 4.79 Å². The van der Waals surface area contributed by atoms with E-state index in [1.54, 1.807) is 19.1 Å². The van der Waals surface area contributed by atoms with Crippen LogP contribution in [0.25, 0.3) is 11.0 Å². The molecule has 0 radical (unpaired) electrons. The zero-order chi connectivity index (χ0) is 16.8. The first-order chi connectivity index (χ1) is 11.5. The Balaban J connectivity index is 1.58. The molecule has 3 heterocycles. The Labute approximate surface area is 137 Å². The number of carbonyl (C=O) groups excluding carboxylic acids is 1. The third-order valence-corrected chi connectivity index (χ3v) is 4.59. The number of halogens is 1. The first-order valence-electron chi connectivity index (χ1n) is 7.91. The summed E-state index contributed by atoms with van der Waals surface area (Å²) >= 11 is 0.